The Hall–Kier alpha value is -0.330. The molecule has 0 aliphatic carbocycles. The zero-order valence-corrected chi connectivity index (χ0v) is 11.7. The molecule has 16 heavy (non-hydrogen) atoms. The molecule has 1 saturated heterocycles. The molecule has 1 aromatic carbocycles. The zero-order chi connectivity index (χ0) is 10.7. The summed E-state index contributed by atoms with van der Waals surface area (Å²) < 4.78 is 1.13. The molecule has 5 heteroatoms. The summed E-state index contributed by atoms with van der Waals surface area (Å²) >= 11 is 2.24. The lowest BCUT2D eigenvalue weighted by Crippen LogP contribution is -2.24. The van der Waals surface area contributed by atoms with Crippen LogP contribution >= 0.6 is 35.0 Å². The molecule has 2 N–H and O–H groups in total. The maximum Gasteiger partial charge on any atom is 0.228 e. The van der Waals surface area contributed by atoms with Crippen LogP contribution in [0.2, 0.25) is 0 Å². The van der Waals surface area contributed by atoms with Gasteiger partial charge in [0.2, 0.25) is 5.91 Å². The Labute approximate surface area is 115 Å². The van der Waals surface area contributed by atoms with E-state index in [4.69, 9.17) is 0 Å². The third-order valence-corrected chi connectivity index (χ3v) is 3.19. The van der Waals surface area contributed by atoms with Crippen molar-refractivity contribution in [3.8, 4) is 0 Å². The van der Waals surface area contributed by atoms with Crippen LogP contribution in [0.25, 0.3) is 0 Å². The summed E-state index contributed by atoms with van der Waals surface area (Å²) in [5.74, 6) is 0.255. The number of amides is 1. The van der Waals surface area contributed by atoms with Crippen LogP contribution in [0.3, 0.4) is 0 Å². The van der Waals surface area contributed by atoms with Gasteiger partial charge in [-0.05, 0) is 53.8 Å². The van der Waals surface area contributed by atoms with E-state index in [0.717, 1.165) is 28.8 Å². The SMILES string of the molecule is Cl.O=C(Nc1cccc(I)c1)[C@H]1CCNC1. The molecule has 1 heterocycles. The molecule has 1 aliphatic heterocycles. The molecule has 88 valence electrons. The first kappa shape index (κ1) is 13.7. The first-order valence-electron chi connectivity index (χ1n) is 5.03. The molecule has 1 aromatic rings. The third-order valence-electron chi connectivity index (χ3n) is 2.52. The van der Waals surface area contributed by atoms with Gasteiger partial charge in [-0.25, -0.2) is 0 Å². The van der Waals surface area contributed by atoms with Gasteiger partial charge in [0.25, 0.3) is 0 Å². The van der Waals surface area contributed by atoms with Gasteiger partial charge < -0.3 is 10.6 Å². The number of halogens is 2. The highest BCUT2D eigenvalue weighted by Crippen LogP contribution is 2.15. The van der Waals surface area contributed by atoms with Crippen LogP contribution in [0, 0.1) is 9.49 Å². The molecular formula is C11H14ClIN2O. The Balaban J connectivity index is 0.00000128. The van der Waals surface area contributed by atoms with Gasteiger partial charge in [-0.1, -0.05) is 6.07 Å². The van der Waals surface area contributed by atoms with Crippen molar-refractivity contribution >= 4 is 46.6 Å². The van der Waals surface area contributed by atoms with Gasteiger partial charge in [-0.2, -0.15) is 0 Å². The molecule has 0 unspecified atom stereocenters. The Bertz CT molecular complexity index is 367. The molecule has 1 amide bonds. The highest BCUT2D eigenvalue weighted by atomic mass is 127. The summed E-state index contributed by atoms with van der Waals surface area (Å²) in [6.07, 6.45) is 0.940. The first-order chi connectivity index (χ1) is 7.25. The molecule has 1 aliphatic rings. The summed E-state index contributed by atoms with van der Waals surface area (Å²) in [5.41, 5.74) is 0.888. The van der Waals surface area contributed by atoms with E-state index < -0.39 is 0 Å². The predicted molar refractivity (Wildman–Crippen MR) is 76.0 cm³/mol. The van der Waals surface area contributed by atoms with Crippen LogP contribution in [-0.2, 0) is 4.79 Å². The van der Waals surface area contributed by atoms with Gasteiger partial charge in [0.1, 0.15) is 0 Å². The van der Waals surface area contributed by atoms with Crippen molar-refractivity contribution in [3.63, 3.8) is 0 Å². The second kappa shape index (κ2) is 6.42. The van der Waals surface area contributed by atoms with Gasteiger partial charge in [0.05, 0.1) is 5.92 Å². The van der Waals surface area contributed by atoms with E-state index in [-0.39, 0.29) is 24.2 Å². The molecule has 0 radical (unpaired) electrons. The normalized spacial score (nSPS) is 18.9. The number of anilines is 1. The Kier molecular flexibility index (Phi) is 5.51. The van der Waals surface area contributed by atoms with Crippen molar-refractivity contribution in [2.45, 2.75) is 6.42 Å². The fourth-order valence-corrected chi connectivity index (χ4v) is 2.23. The fraction of sp³-hybridized carbons (Fsp3) is 0.364. The second-order valence-corrected chi connectivity index (χ2v) is 4.93. The summed E-state index contributed by atoms with van der Waals surface area (Å²) in [6.45, 7) is 1.75. The molecule has 0 saturated carbocycles. The van der Waals surface area contributed by atoms with E-state index in [2.05, 4.69) is 33.2 Å². The van der Waals surface area contributed by atoms with Gasteiger partial charge in [0.15, 0.2) is 0 Å². The van der Waals surface area contributed by atoms with E-state index in [0.29, 0.717) is 0 Å². The maximum atomic E-state index is 11.8. The number of carbonyl (C=O) groups excluding carboxylic acids is 1. The predicted octanol–water partition coefficient (Wildman–Crippen LogP) is 2.26. The van der Waals surface area contributed by atoms with Crippen molar-refractivity contribution in [1.29, 1.82) is 0 Å². The quantitative estimate of drug-likeness (QED) is 0.802. The summed E-state index contributed by atoms with van der Waals surface area (Å²) in [5, 5.41) is 6.13. The lowest BCUT2D eigenvalue weighted by Gasteiger charge is -2.09. The minimum absolute atomic E-state index is 0. The van der Waals surface area contributed by atoms with E-state index in [1.807, 2.05) is 24.3 Å². The smallest absolute Gasteiger partial charge is 0.228 e. The van der Waals surface area contributed by atoms with Crippen LogP contribution in [0.5, 0.6) is 0 Å². The van der Waals surface area contributed by atoms with Gasteiger partial charge in [-0.15, -0.1) is 12.4 Å². The van der Waals surface area contributed by atoms with Crippen molar-refractivity contribution < 1.29 is 4.79 Å². The van der Waals surface area contributed by atoms with Crippen molar-refractivity contribution in [3.05, 3.63) is 27.8 Å². The summed E-state index contributed by atoms with van der Waals surface area (Å²) in [6, 6.07) is 7.85. The molecule has 0 aromatic heterocycles. The Morgan fingerprint density at radius 2 is 2.31 bits per heavy atom. The van der Waals surface area contributed by atoms with E-state index in [1.165, 1.54) is 0 Å². The van der Waals surface area contributed by atoms with E-state index >= 15 is 0 Å². The molecule has 1 fully saturated rings. The van der Waals surface area contributed by atoms with Gasteiger partial charge in [0, 0.05) is 15.8 Å². The largest absolute Gasteiger partial charge is 0.326 e. The van der Waals surface area contributed by atoms with Crippen LogP contribution in [-0.4, -0.2) is 19.0 Å². The molecule has 3 nitrogen and oxygen atoms in total. The topological polar surface area (TPSA) is 41.1 Å². The number of hydrogen-bond acceptors (Lipinski definition) is 2. The fourth-order valence-electron chi connectivity index (χ4n) is 1.69. The van der Waals surface area contributed by atoms with Crippen LogP contribution in [0.4, 0.5) is 5.69 Å². The van der Waals surface area contributed by atoms with Gasteiger partial charge >= 0.3 is 0 Å². The van der Waals surface area contributed by atoms with E-state index in [9.17, 15) is 4.79 Å². The standard InChI is InChI=1S/C11H13IN2O.ClH/c12-9-2-1-3-10(6-9)14-11(15)8-4-5-13-7-8;/h1-3,6,8,13H,4-5,7H2,(H,14,15);1H/t8-;/m0./s1. The molecular weight excluding hydrogens is 338 g/mol. The lowest BCUT2D eigenvalue weighted by atomic mass is 10.1. The average Bonchev–Trinajstić information content (AvgIpc) is 2.70. The highest BCUT2D eigenvalue weighted by Gasteiger charge is 2.22. The maximum absolute atomic E-state index is 11.8. The number of nitrogens with one attached hydrogen (secondary N) is 2. The first-order valence-corrected chi connectivity index (χ1v) is 6.11. The Morgan fingerprint density at radius 3 is 2.94 bits per heavy atom. The van der Waals surface area contributed by atoms with Crippen LogP contribution in [0.15, 0.2) is 24.3 Å². The summed E-state index contributed by atoms with van der Waals surface area (Å²) in [4.78, 5) is 11.8. The molecule has 0 bridgehead atoms. The number of rotatable bonds is 2. The molecule has 2 rings (SSSR count). The van der Waals surface area contributed by atoms with Crippen molar-refractivity contribution in [2.75, 3.05) is 18.4 Å². The highest BCUT2D eigenvalue weighted by molar-refractivity contribution is 14.1. The van der Waals surface area contributed by atoms with E-state index in [1.54, 1.807) is 0 Å². The minimum atomic E-state index is 0. The van der Waals surface area contributed by atoms with Crippen LogP contribution in [0.1, 0.15) is 6.42 Å². The zero-order valence-electron chi connectivity index (χ0n) is 8.70. The third kappa shape index (κ3) is 3.61. The minimum Gasteiger partial charge on any atom is -0.326 e. The average molecular weight is 353 g/mol. The number of benzene rings is 1. The number of carbonyl (C=O) groups is 1. The molecule has 1 atom stereocenters. The molecule has 0 spiro atoms. The van der Waals surface area contributed by atoms with Crippen molar-refractivity contribution in [2.24, 2.45) is 5.92 Å². The Morgan fingerprint density at radius 1 is 1.50 bits per heavy atom. The van der Waals surface area contributed by atoms with Gasteiger partial charge in [-0.3, -0.25) is 4.79 Å². The lowest BCUT2D eigenvalue weighted by molar-refractivity contribution is -0.119. The number of hydrogen-bond donors (Lipinski definition) is 2. The monoisotopic (exact) mass is 352 g/mol. The van der Waals surface area contributed by atoms with Crippen LogP contribution < -0.4 is 10.6 Å². The second-order valence-electron chi connectivity index (χ2n) is 3.69. The summed E-state index contributed by atoms with van der Waals surface area (Å²) in [7, 11) is 0. The van der Waals surface area contributed by atoms with Crippen molar-refractivity contribution in [1.82, 2.24) is 5.32 Å².